The maximum absolute atomic E-state index is 12.1. The molecule has 0 fully saturated rings. The third kappa shape index (κ3) is 3.51. The molecule has 1 aromatic heterocycles. The normalized spacial score (nSPS) is 10.9. The molecule has 4 aromatic rings. The lowest BCUT2D eigenvalue weighted by Crippen LogP contribution is -2.23. The van der Waals surface area contributed by atoms with Crippen molar-refractivity contribution in [3.8, 4) is 17.1 Å². The molecule has 0 spiro atoms. The lowest BCUT2D eigenvalue weighted by molar-refractivity contribution is -0.125. The first kappa shape index (κ1) is 18.3. The van der Waals surface area contributed by atoms with E-state index in [-0.39, 0.29) is 5.91 Å². The number of para-hydroxylation sites is 1. The van der Waals surface area contributed by atoms with Crippen molar-refractivity contribution in [3.05, 3.63) is 72.8 Å². The Morgan fingerprint density at radius 2 is 1.64 bits per heavy atom. The maximum atomic E-state index is 12.1. The fraction of sp³-hybridized carbons (Fsp3) is 0.136. The van der Waals surface area contributed by atoms with Crippen LogP contribution >= 0.6 is 11.8 Å². The van der Waals surface area contributed by atoms with Gasteiger partial charge in [0.05, 0.1) is 5.75 Å². The summed E-state index contributed by atoms with van der Waals surface area (Å²) < 4.78 is 2.02. The molecule has 0 saturated heterocycles. The van der Waals surface area contributed by atoms with Gasteiger partial charge in [-0.15, -0.1) is 10.2 Å². The minimum atomic E-state index is 0.0410. The van der Waals surface area contributed by atoms with Gasteiger partial charge >= 0.3 is 0 Å². The molecule has 0 unspecified atom stereocenters. The van der Waals surface area contributed by atoms with Crippen LogP contribution in [0.25, 0.3) is 27.8 Å². The third-order valence-corrected chi connectivity index (χ3v) is 5.42. The molecule has 0 aliphatic heterocycles. The van der Waals surface area contributed by atoms with Gasteiger partial charge in [0.25, 0.3) is 0 Å². The zero-order valence-electron chi connectivity index (χ0n) is 15.7. The number of thioether (sulfide) groups is 1. The molecular weight excluding hydrogens is 368 g/mol. The number of hydrogen-bond donors (Lipinski definition) is 0. The summed E-state index contributed by atoms with van der Waals surface area (Å²) >= 11 is 1.40. The molecular formula is C22H20N4OS. The first-order chi connectivity index (χ1) is 13.6. The Hall–Kier alpha value is -3.12. The van der Waals surface area contributed by atoms with Crippen molar-refractivity contribution >= 4 is 28.4 Å². The number of nitrogens with zero attached hydrogens (tertiary/aromatic N) is 4. The Bertz CT molecular complexity index is 1120. The molecule has 0 aliphatic rings. The largest absolute Gasteiger partial charge is 0.348 e. The van der Waals surface area contributed by atoms with Crippen molar-refractivity contribution in [1.29, 1.82) is 0 Å². The monoisotopic (exact) mass is 388 g/mol. The number of hydrogen-bond acceptors (Lipinski definition) is 4. The Kier molecular flexibility index (Phi) is 5.12. The van der Waals surface area contributed by atoms with Crippen LogP contribution in [-0.2, 0) is 4.79 Å². The van der Waals surface area contributed by atoms with Gasteiger partial charge < -0.3 is 4.90 Å². The summed E-state index contributed by atoms with van der Waals surface area (Å²) in [4.78, 5) is 13.6. The minimum absolute atomic E-state index is 0.0410. The van der Waals surface area contributed by atoms with E-state index in [2.05, 4.69) is 34.5 Å². The zero-order chi connectivity index (χ0) is 19.5. The topological polar surface area (TPSA) is 51.0 Å². The molecule has 0 saturated carbocycles. The number of benzene rings is 3. The molecule has 1 amide bonds. The Balaban J connectivity index is 1.85. The van der Waals surface area contributed by atoms with Gasteiger partial charge in [-0.05, 0) is 22.9 Å². The van der Waals surface area contributed by atoms with Gasteiger partial charge in [-0.3, -0.25) is 9.36 Å². The molecule has 5 nitrogen and oxygen atoms in total. The summed E-state index contributed by atoms with van der Waals surface area (Å²) in [6.07, 6.45) is 0. The molecule has 0 bridgehead atoms. The van der Waals surface area contributed by atoms with Gasteiger partial charge in [0.1, 0.15) is 0 Å². The number of carbonyl (C=O) groups is 1. The van der Waals surface area contributed by atoms with Gasteiger partial charge in [0.15, 0.2) is 11.0 Å². The Labute approximate surface area is 168 Å². The summed E-state index contributed by atoms with van der Waals surface area (Å²) in [5.74, 6) is 1.12. The van der Waals surface area contributed by atoms with E-state index in [0.717, 1.165) is 27.8 Å². The summed E-state index contributed by atoms with van der Waals surface area (Å²) in [7, 11) is 3.51. The zero-order valence-corrected chi connectivity index (χ0v) is 16.6. The first-order valence-corrected chi connectivity index (χ1v) is 9.95. The van der Waals surface area contributed by atoms with Gasteiger partial charge in [0, 0.05) is 25.3 Å². The Morgan fingerprint density at radius 1 is 0.929 bits per heavy atom. The fourth-order valence-electron chi connectivity index (χ4n) is 3.02. The van der Waals surface area contributed by atoms with Crippen LogP contribution in [0.15, 0.2) is 78.0 Å². The van der Waals surface area contributed by atoms with E-state index in [9.17, 15) is 4.79 Å². The number of aromatic nitrogens is 3. The summed E-state index contributed by atoms with van der Waals surface area (Å²) in [5.41, 5.74) is 1.98. The summed E-state index contributed by atoms with van der Waals surface area (Å²) in [5, 5.41) is 11.9. The van der Waals surface area contributed by atoms with Crippen LogP contribution in [0, 0.1) is 0 Å². The van der Waals surface area contributed by atoms with Gasteiger partial charge in [-0.1, -0.05) is 72.4 Å². The van der Waals surface area contributed by atoms with E-state index in [4.69, 9.17) is 0 Å². The van der Waals surface area contributed by atoms with Crippen LogP contribution < -0.4 is 0 Å². The highest BCUT2D eigenvalue weighted by Gasteiger charge is 2.19. The predicted octanol–water partition coefficient (Wildman–Crippen LogP) is 4.27. The van der Waals surface area contributed by atoms with Crippen LogP contribution in [0.2, 0.25) is 0 Å². The average molecular weight is 388 g/mol. The highest BCUT2D eigenvalue weighted by Crippen LogP contribution is 2.32. The molecule has 6 heteroatoms. The molecule has 0 atom stereocenters. The summed E-state index contributed by atoms with van der Waals surface area (Å²) in [6.45, 7) is 0. The number of amides is 1. The Morgan fingerprint density at radius 3 is 2.43 bits per heavy atom. The van der Waals surface area contributed by atoms with E-state index >= 15 is 0 Å². The molecule has 1 heterocycles. The van der Waals surface area contributed by atoms with Gasteiger partial charge in [0.2, 0.25) is 5.91 Å². The van der Waals surface area contributed by atoms with Crippen LogP contribution in [0.1, 0.15) is 0 Å². The van der Waals surface area contributed by atoms with Crippen LogP contribution in [0.5, 0.6) is 0 Å². The molecule has 0 aliphatic carbocycles. The van der Waals surface area contributed by atoms with Crippen LogP contribution in [-0.4, -0.2) is 45.4 Å². The molecule has 3 aromatic carbocycles. The second kappa shape index (κ2) is 7.86. The highest BCUT2D eigenvalue weighted by molar-refractivity contribution is 7.99. The van der Waals surface area contributed by atoms with E-state index in [1.54, 1.807) is 19.0 Å². The minimum Gasteiger partial charge on any atom is -0.348 e. The first-order valence-electron chi connectivity index (χ1n) is 8.97. The molecule has 140 valence electrons. The van der Waals surface area contributed by atoms with Gasteiger partial charge in [-0.25, -0.2) is 0 Å². The smallest absolute Gasteiger partial charge is 0.232 e. The second-order valence-electron chi connectivity index (χ2n) is 6.58. The fourth-order valence-corrected chi connectivity index (χ4v) is 3.95. The number of rotatable bonds is 5. The lowest BCUT2D eigenvalue weighted by Gasteiger charge is -2.13. The average Bonchev–Trinajstić information content (AvgIpc) is 3.15. The van der Waals surface area contributed by atoms with Crippen molar-refractivity contribution in [2.24, 2.45) is 0 Å². The van der Waals surface area contributed by atoms with E-state index < -0.39 is 0 Å². The van der Waals surface area contributed by atoms with Crippen molar-refractivity contribution in [1.82, 2.24) is 19.7 Å². The van der Waals surface area contributed by atoms with Crippen LogP contribution in [0.4, 0.5) is 0 Å². The predicted molar refractivity (Wildman–Crippen MR) is 114 cm³/mol. The van der Waals surface area contributed by atoms with Crippen molar-refractivity contribution in [2.45, 2.75) is 5.16 Å². The SMILES string of the molecule is CN(C)C(=O)CSc1nnc(-c2cccc3ccccc23)n1-c1ccccc1. The van der Waals surface area contributed by atoms with Crippen molar-refractivity contribution in [3.63, 3.8) is 0 Å². The van der Waals surface area contributed by atoms with Crippen molar-refractivity contribution < 1.29 is 4.79 Å². The molecule has 4 rings (SSSR count). The van der Waals surface area contributed by atoms with E-state index in [0.29, 0.717) is 10.9 Å². The molecule has 28 heavy (non-hydrogen) atoms. The molecule has 0 N–H and O–H groups in total. The van der Waals surface area contributed by atoms with Gasteiger partial charge in [-0.2, -0.15) is 0 Å². The maximum Gasteiger partial charge on any atom is 0.232 e. The quantitative estimate of drug-likeness (QED) is 0.479. The number of fused-ring (bicyclic) bond motifs is 1. The van der Waals surface area contributed by atoms with Crippen molar-refractivity contribution in [2.75, 3.05) is 19.8 Å². The van der Waals surface area contributed by atoms with E-state index in [1.807, 2.05) is 53.1 Å². The second-order valence-corrected chi connectivity index (χ2v) is 7.52. The van der Waals surface area contributed by atoms with Crippen LogP contribution in [0.3, 0.4) is 0 Å². The standard InChI is InChI=1S/C22H20N4OS/c1-25(2)20(27)15-28-22-24-23-21(26(22)17-11-4-3-5-12-17)19-14-8-10-16-9-6-7-13-18(16)19/h3-14H,15H2,1-2H3. The highest BCUT2D eigenvalue weighted by atomic mass is 32.2. The van der Waals surface area contributed by atoms with E-state index in [1.165, 1.54) is 11.8 Å². The third-order valence-electron chi connectivity index (χ3n) is 4.50. The number of carbonyl (C=O) groups excluding carboxylic acids is 1. The molecule has 0 radical (unpaired) electrons. The summed E-state index contributed by atoms with van der Waals surface area (Å²) in [6, 6.07) is 24.4. The lowest BCUT2D eigenvalue weighted by atomic mass is 10.0.